The zero-order chi connectivity index (χ0) is 27.2. The minimum atomic E-state index is -0.484. The Morgan fingerprint density at radius 1 is 1.13 bits per heavy atom. The van der Waals surface area contributed by atoms with E-state index in [9.17, 15) is 9.59 Å². The van der Waals surface area contributed by atoms with Crippen LogP contribution in [0.5, 0.6) is 0 Å². The second-order valence-corrected chi connectivity index (χ2v) is 11.6. The highest BCUT2D eigenvalue weighted by Crippen LogP contribution is 2.46. The Kier molecular flexibility index (Phi) is 9.68. The van der Waals surface area contributed by atoms with E-state index in [4.69, 9.17) is 23.7 Å². The lowest BCUT2D eigenvalue weighted by atomic mass is 9.85. The molecule has 4 heterocycles. The van der Waals surface area contributed by atoms with Crippen LogP contribution in [0.1, 0.15) is 66.2 Å². The van der Waals surface area contributed by atoms with Gasteiger partial charge < -0.3 is 33.9 Å². The van der Waals surface area contributed by atoms with E-state index < -0.39 is 6.10 Å². The number of carbonyl (C=O) groups is 2. The number of nitrogens with one attached hydrogen (secondary N) is 1. The lowest BCUT2D eigenvalue weighted by molar-refractivity contribution is -0.187. The average Bonchev–Trinajstić information content (AvgIpc) is 3.62. The molecule has 1 N–H and O–H groups in total. The molecular weight excluding hydrogens is 488 g/mol. The van der Waals surface area contributed by atoms with E-state index in [1.54, 1.807) is 17.9 Å². The lowest BCUT2D eigenvalue weighted by Crippen LogP contribution is -2.46. The first-order valence-electron chi connectivity index (χ1n) is 14.0. The molecule has 9 heteroatoms. The third-order valence-electron chi connectivity index (χ3n) is 7.28. The van der Waals surface area contributed by atoms with Crippen molar-refractivity contribution in [3.8, 4) is 0 Å². The Morgan fingerprint density at radius 3 is 2.53 bits per heavy atom. The summed E-state index contributed by atoms with van der Waals surface area (Å²) in [6, 6.07) is -0.233. The average molecular weight is 533 g/mol. The van der Waals surface area contributed by atoms with Crippen molar-refractivity contribution in [2.45, 2.75) is 102 Å². The SMILES string of the molecule is CC(/C=C/[C@@H]1C[C@]2(CO2)CC(C)(C)O1)=C\CC1OCC(NC(=O)/C=C\[C@H](C)OC(=O)N2CCCCC2)CO1. The molecule has 0 unspecified atom stereocenters. The molecule has 0 bridgehead atoms. The van der Waals surface area contributed by atoms with Gasteiger partial charge in [-0.25, -0.2) is 4.79 Å². The summed E-state index contributed by atoms with van der Waals surface area (Å²) >= 11 is 0. The number of likely N-dealkylation sites (tertiary alicyclic amines) is 1. The van der Waals surface area contributed by atoms with Crippen LogP contribution >= 0.6 is 0 Å². The molecule has 0 aliphatic carbocycles. The number of epoxide rings is 1. The van der Waals surface area contributed by atoms with Gasteiger partial charge in [0.2, 0.25) is 5.91 Å². The van der Waals surface area contributed by atoms with Crippen molar-refractivity contribution in [1.82, 2.24) is 10.2 Å². The van der Waals surface area contributed by atoms with E-state index >= 15 is 0 Å². The zero-order valence-corrected chi connectivity index (χ0v) is 23.3. The molecule has 0 radical (unpaired) electrons. The molecule has 0 aromatic heterocycles. The molecular formula is C29H44N2O7. The van der Waals surface area contributed by atoms with E-state index in [1.165, 1.54) is 6.08 Å². The number of rotatable bonds is 8. The summed E-state index contributed by atoms with van der Waals surface area (Å²) in [5, 5.41) is 2.87. The van der Waals surface area contributed by atoms with Crippen molar-refractivity contribution >= 4 is 12.0 Å². The number of piperidine rings is 1. The third kappa shape index (κ3) is 8.93. The van der Waals surface area contributed by atoms with Crippen LogP contribution in [0, 0.1) is 0 Å². The van der Waals surface area contributed by atoms with Crippen molar-refractivity contribution in [2.24, 2.45) is 0 Å². The lowest BCUT2D eigenvalue weighted by Gasteiger charge is -2.38. The van der Waals surface area contributed by atoms with Gasteiger partial charge in [0.1, 0.15) is 6.10 Å². The second kappa shape index (κ2) is 12.8. The molecule has 4 fully saturated rings. The monoisotopic (exact) mass is 532 g/mol. The van der Waals surface area contributed by atoms with Crippen molar-refractivity contribution < 1.29 is 33.3 Å². The molecule has 1 spiro atoms. The second-order valence-electron chi connectivity index (χ2n) is 11.6. The summed E-state index contributed by atoms with van der Waals surface area (Å²) in [4.78, 5) is 26.2. The molecule has 4 aliphatic heterocycles. The summed E-state index contributed by atoms with van der Waals surface area (Å²) in [6.45, 7) is 11.1. The Balaban J connectivity index is 1.12. The Morgan fingerprint density at radius 2 is 1.84 bits per heavy atom. The van der Waals surface area contributed by atoms with Gasteiger partial charge in [0.05, 0.1) is 43.2 Å². The van der Waals surface area contributed by atoms with Crippen molar-refractivity contribution in [3.05, 3.63) is 36.0 Å². The van der Waals surface area contributed by atoms with Crippen LogP contribution in [0.3, 0.4) is 0 Å². The maximum Gasteiger partial charge on any atom is 0.410 e. The van der Waals surface area contributed by atoms with Crippen molar-refractivity contribution in [2.75, 3.05) is 32.9 Å². The molecule has 0 aromatic rings. The standard InChI is InChI=1S/C29H44N2O7/c1-21(8-11-24-16-29(20-36-29)19-28(3,4)38-24)9-13-26-34-17-23(18-35-26)30-25(32)12-10-22(2)37-27(33)31-14-6-5-7-15-31/h8-12,22-24,26H,5-7,13-20H2,1-4H3,(H,30,32)/b11-8+,12-10-,21-9+/t22-,23?,24+,26?,29+/m0/s1. The number of nitrogens with zero attached hydrogens (tertiary/aromatic N) is 1. The molecule has 9 nitrogen and oxygen atoms in total. The Bertz CT molecular complexity index is 904. The number of carbonyl (C=O) groups excluding carboxylic acids is 2. The normalized spacial score (nSPS) is 32.5. The van der Waals surface area contributed by atoms with E-state index in [0.717, 1.165) is 57.4 Å². The quantitative estimate of drug-likeness (QED) is 0.286. The molecule has 3 atom stereocenters. The maximum absolute atomic E-state index is 12.3. The van der Waals surface area contributed by atoms with Gasteiger partial charge in [0, 0.05) is 38.4 Å². The Hall–Kier alpha value is -2.20. The van der Waals surface area contributed by atoms with Gasteiger partial charge in [-0.15, -0.1) is 0 Å². The van der Waals surface area contributed by atoms with Crippen LogP contribution in [0.4, 0.5) is 4.79 Å². The molecule has 0 saturated carbocycles. The molecule has 4 saturated heterocycles. The van der Waals surface area contributed by atoms with Gasteiger partial charge >= 0.3 is 6.09 Å². The Labute approximate surface area is 226 Å². The number of hydrogen-bond donors (Lipinski definition) is 1. The molecule has 4 rings (SSSR count). The fourth-order valence-corrected chi connectivity index (χ4v) is 5.33. The molecule has 38 heavy (non-hydrogen) atoms. The molecule has 212 valence electrons. The molecule has 0 aromatic carbocycles. The summed E-state index contributed by atoms with van der Waals surface area (Å²) in [5.74, 6) is -0.270. The van der Waals surface area contributed by atoms with E-state index in [0.29, 0.717) is 19.6 Å². The third-order valence-corrected chi connectivity index (χ3v) is 7.28. The van der Waals surface area contributed by atoms with E-state index in [1.807, 2.05) is 0 Å². The van der Waals surface area contributed by atoms with Crippen LogP contribution in [0.2, 0.25) is 0 Å². The van der Waals surface area contributed by atoms with Crippen molar-refractivity contribution in [3.63, 3.8) is 0 Å². The number of ether oxygens (including phenoxy) is 5. The van der Waals surface area contributed by atoms with E-state index in [2.05, 4.69) is 44.3 Å². The first-order chi connectivity index (χ1) is 18.1. The minimum absolute atomic E-state index is 0.0117. The van der Waals surface area contributed by atoms with Gasteiger partial charge in [0.25, 0.3) is 0 Å². The molecule has 2 amide bonds. The van der Waals surface area contributed by atoms with Gasteiger partial charge in [0.15, 0.2) is 6.29 Å². The van der Waals surface area contributed by atoms with Crippen molar-refractivity contribution in [1.29, 1.82) is 0 Å². The van der Waals surface area contributed by atoms with Crippen LogP contribution in [0.15, 0.2) is 36.0 Å². The largest absolute Gasteiger partial charge is 0.442 e. The van der Waals surface area contributed by atoms with Crippen LogP contribution in [-0.2, 0) is 28.5 Å². The minimum Gasteiger partial charge on any atom is -0.442 e. The topological polar surface area (TPSA) is 98.9 Å². The van der Waals surface area contributed by atoms with Gasteiger partial charge in [-0.1, -0.05) is 23.8 Å². The zero-order valence-electron chi connectivity index (χ0n) is 23.3. The predicted octanol–water partition coefficient (Wildman–Crippen LogP) is 4.03. The summed E-state index contributed by atoms with van der Waals surface area (Å²) in [7, 11) is 0. The predicted molar refractivity (Wildman–Crippen MR) is 143 cm³/mol. The van der Waals surface area contributed by atoms with Gasteiger partial charge in [-0.3, -0.25) is 4.79 Å². The molecule has 4 aliphatic rings. The highest BCUT2D eigenvalue weighted by molar-refractivity contribution is 5.87. The van der Waals surface area contributed by atoms with Crippen LogP contribution in [0.25, 0.3) is 0 Å². The van der Waals surface area contributed by atoms with Crippen LogP contribution in [-0.4, -0.2) is 85.6 Å². The fourth-order valence-electron chi connectivity index (χ4n) is 5.33. The first-order valence-corrected chi connectivity index (χ1v) is 14.0. The number of amides is 2. The summed E-state index contributed by atoms with van der Waals surface area (Å²) in [5.41, 5.74) is 0.952. The summed E-state index contributed by atoms with van der Waals surface area (Å²) < 4.78 is 28.9. The fraction of sp³-hybridized carbons (Fsp3) is 0.724. The van der Waals surface area contributed by atoms with Gasteiger partial charge in [-0.2, -0.15) is 0 Å². The maximum atomic E-state index is 12.3. The summed E-state index contributed by atoms with van der Waals surface area (Å²) in [6.07, 6.45) is 13.8. The number of allylic oxidation sites excluding steroid dienone is 2. The van der Waals surface area contributed by atoms with Gasteiger partial charge in [-0.05, 0) is 53.0 Å². The smallest absolute Gasteiger partial charge is 0.410 e. The first kappa shape index (κ1) is 28.8. The van der Waals surface area contributed by atoms with E-state index in [-0.39, 0.29) is 41.6 Å². The highest BCUT2D eigenvalue weighted by atomic mass is 16.7. The van der Waals surface area contributed by atoms with Crippen LogP contribution < -0.4 is 5.32 Å². The number of hydrogen-bond acceptors (Lipinski definition) is 7. The highest BCUT2D eigenvalue weighted by Gasteiger charge is 2.53.